The molecule has 0 radical (unpaired) electrons. The standard InChI is InChI=1S/C16H9N3O6S/c20-13(10-5-2-6-26-10)12-11-14(25-17-12)16(22)18(15(11)21)8-3-1-4-9(7-8)19(23)24/h1-7,11,14H/t11-,14+/m1/s1. The van der Waals surface area contributed by atoms with E-state index in [0.29, 0.717) is 4.88 Å². The van der Waals surface area contributed by atoms with Crippen LogP contribution >= 0.6 is 11.3 Å². The molecule has 2 amide bonds. The number of ketones is 1. The van der Waals surface area contributed by atoms with E-state index in [1.807, 2.05) is 0 Å². The van der Waals surface area contributed by atoms with Crippen molar-refractivity contribution in [3.05, 3.63) is 56.8 Å². The average Bonchev–Trinajstić information content (AvgIpc) is 3.34. The fourth-order valence-corrected chi connectivity index (χ4v) is 3.57. The van der Waals surface area contributed by atoms with Crippen molar-refractivity contribution in [1.82, 2.24) is 0 Å². The Balaban J connectivity index is 1.68. The maximum absolute atomic E-state index is 12.8. The molecule has 4 rings (SSSR count). The molecule has 2 aliphatic heterocycles. The van der Waals surface area contributed by atoms with Gasteiger partial charge in [-0.2, -0.15) is 0 Å². The maximum Gasteiger partial charge on any atom is 0.278 e. The molecular weight excluding hydrogens is 362 g/mol. The first-order chi connectivity index (χ1) is 12.5. The number of Topliss-reactive ketones (excluding diaryl/α,β-unsaturated/α-hetero) is 1. The Morgan fingerprint density at radius 1 is 1.23 bits per heavy atom. The summed E-state index contributed by atoms with van der Waals surface area (Å²) >= 11 is 1.19. The van der Waals surface area contributed by atoms with Gasteiger partial charge in [-0.05, 0) is 17.5 Å². The predicted octanol–water partition coefficient (Wildman–Crippen LogP) is 1.78. The fraction of sp³-hybridized carbons (Fsp3) is 0.125. The van der Waals surface area contributed by atoms with Gasteiger partial charge in [0.25, 0.3) is 11.6 Å². The van der Waals surface area contributed by atoms with Crippen LogP contribution in [0.5, 0.6) is 0 Å². The van der Waals surface area contributed by atoms with Crippen molar-refractivity contribution >= 4 is 46.0 Å². The Kier molecular flexibility index (Phi) is 3.62. The highest BCUT2D eigenvalue weighted by Gasteiger charge is 2.57. The molecule has 1 aromatic carbocycles. The van der Waals surface area contributed by atoms with Crippen LogP contribution in [-0.4, -0.2) is 34.3 Å². The lowest BCUT2D eigenvalue weighted by atomic mass is 9.96. The number of nitrogens with zero attached hydrogens (tertiary/aromatic N) is 3. The minimum atomic E-state index is -1.24. The van der Waals surface area contributed by atoms with Crippen molar-refractivity contribution in [2.75, 3.05) is 4.90 Å². The molecule has 10 heteroatoms. The molecule has 3 heterocycles. The summed E-state index contributed by atoms with van der Waals surface area (Å²) in [6, 6.07) is 8.41. The van der Waals surface area contributed by atoms with Gasteiger partial charge < -0.3 is 4.84 Å². The number of hydrogen-bond donors (Lipinski definition) is 0. The minimum Gasteiger partial charge on any atom is -0.381 e. The van der Waals surface area contributed by atoms with Crippen LogP contribution in [0.3, 0.4) is 0 Å². The van der Waals surface area contributed by atoms with E-state index in [1.54, 1.807) is 17.5 Å². The number of non-ortho nitro benzene ring substituents is 1. The zero-order valence-electron chi connectivity index (χ0n) is 12.9. The quantitative estimate of drug-likeness (QED) is 0.350. The number of thiophene rings is 1. The van der Waals surface area contributed by atoms with Gasteiger partial charge in [0.05, 0.1) is 15.5 Å². The van der Waals surface area contributed by atoms with E-state index in [-0.39, 0.29) is 17.1 Å². The summed E-state index contributed by atoms with van der Waals surface area (Å²) < 4.78 is 0. The van der Waals surface area contributed by atoms with Gasteiger partial charge in [-0.1, -0.05) is 17.3 Å². The van der Waals surface area contributed by atoms with Crippen molar-refractivity contribution in [1.29, 1.82) is 0 Å². The van der Waals surface area contributed by atoms with E-state index in [0.717, 1.165) is 11.0 Å². The van der Waals surface area contributed by atoms with E-state index in [1.165, 1.54) is 29.5 Å². The van der Waals surface area contributed by atoms with Gasteiger partial charge in [0.15, 0.2) is 0 Å². The molecule has 130 valence electrons. The lowest BCUT2D eigenvalue weighted by Gasteiger charge is -2.14. The second kappa shape index (κ2) is 5.85. The highest BCUT2D eigenvalue weighted by molar-refractivity contribution is 7.13. The van der Waals surface area contributed by atoms with Crippen molar-refractivity contribution in [3.8, 4) is 0 Å². The lowest BCUT2D eigenvalue weighted by molar-refractivity contribution is -0.384. The monoisotopic (exact) mass is 371 g/mol. The summed E-state index contributed by atoms with van der Waals surface area (Å²) in [5.41, 5.74) is -0.344. The zero-order valence-corrected chi connectivity index (χ0v) is 13.7. The third-order valence-corrected chi connectivity index (χ3v) is 4.96. The average molecular weight is 371 g/mol. The van der Waals surface area contributed by atoms with E-state index >= 15 is 0 Å². The maximum atomic E-state index is 12.8. The van der Waals surface area contributed by atoms with Gasteiger partial charge in [0, 0.05) is 12.1 Å². The Morgan fingerprint density at radius 2 is 2.04 bits per heavy atom. The molecule has 0 bridgehead atoms. The molecular formula is C16H9N3O6S. The number of benzene rings is 1. The first-order valence-corrected chi connectivity index (χ1v) is 8.31. The Labute approximate surface area is 149 Å². The summed E-state index contributed by atoms with van der Waals surface area (Å²) in [5, 5.41) is 16.3. The van der Waals surface area contributed by atoms with E-state index in [4.69, 9.17) is 4.84 Å². The first kappa shape index (κ1) is 16.1. The molecule has 1 aromatic heterocycles. The normalized spacial score (nSPS) is 21.4. The molecule has 2 aromatic rings. The number of hydrogen-bond acceptors (Lipinski definition) is 8. The van der Waals surface area contributed by atoms with Crippen molar-refractivity contribution < 1.29 is 24.1 Å². The van der Waals surface area contributed by atoms with E-state index in [9.17, 15) is 24.5 Å². The molecule has 0 saturated carbocycles. The SMILES string of the molecule is O=C(C1=NO[C@@H]2C(=O)N(c3cccc([N+](=O)[O-])c3)C(=O)[C@H]12)c1cccs1. The van der Waals surface area contributed by atoms with Crippen LogP contribution in [0.15, 0.2) is 46.9 Å². The third kappa shape index (κ3) is 2.30. The molecule has 1 fully saturated rings. The first-order valence-electron chi connectivity index (χ1n) is 7.43. The summed E-state index contributed by atoms with van der Waals surface area (Å²) in [6.07, 6.45) is -1.24. The zero-order chi connectivity index (χ0) is 18.4. The van der Waals surface area contributed by atoms with Gasteiger partial charge in [-0.25, -0.2) is 4.90 Å². The number of fused-ring (bicyclic) bond motifs is 1. The Bertz CT molecular complexity index is 984. The Morgan fingerprint density at radius 3 is 2.73 bits per heavy atom. The molecule has 2 atom stereocenters. The van der Waals surface area contributed by atoms with Crippen molar-refractivity contribution in [2.45, 2.75) is 6.10 Å². The van der Waals surface area contributed by atoms with Gasteiger partial charge in [0.1, 0.15) is 11.6 Å². The number of carbonyl (C=O) groups excluding carboxylic acids is 3. The van der Waals surface area contributed by atoms with Crippen molar-refractivity contribution in [2.24, 2.45) is 11.1 Å². The van der Waals surface area contributed by atoms with Crippen LogP contribution in [-0.2, 0) is 14.4 Å². The van der Waals surface area contributed by atoms with E-state index < -0.39 is 34.5 Å². The lowest BCUT2D eigenvalue weighted by Crippen LogP contribution is -2.34. The number of amides is 2. The number of rotatable bonds is 4. The third-order valence-electron chi connectivity index (χ3n) is 4.09. The molecule has 0 spiro atoms. The van der Waals surface area contributed by atoms with Gasteiger partial charge >= 0.3 is 0 Å². The highest BCUT2D eigenvalue weighted by Crippen LogP contribution is 2.35. The van der Waals surface area contributed by atoms with E-state index in [2.05, 4.69) is 5.16 Å². The number of oxime groups is 1. The molecule has 0 N–H and O–H groups in total. The summed E-state index contributed by atoms with van der Waals surface area (Å²) in [7, 11) is 0. The predicted molar refractivity (Wildman–Crippen MR) is 90.0 cm³/mol. The van der Waals surface area contributed by atoms with Crippen LogP contribution in [0.2, 0.25) is 0 Å². The fourth-order valence-electron chi connectivity index (χ4n) is 2.90. The van der Waals surface area contributed by atoms with Gasteiger partial charge in [-0.3, -0.25) is 24.5 Å². The smallest absolute Gasteiger partial charge is 0.278 e. The minimum absolute atomic E-state index is 0.0510. The number of imide groups is 1. The van der Waals surface area contributed by atoms with Crippen molar-refractivity contribution in [3.63, 3.8) is 0 Å². The Hall–Kier alpha value is -3.40. The van der Waals surface area contributed by atoms with Crippen LogP contribution < -0.4 is 4.90 Å². The molecule has 0 unspecified atom stereocenters. The number of nitro benzene ring substituents is 1. The second-order valence-corrected chi connectivity index (χ2v) is 6.52. The molecule has 26 heavy (non-hydrogen) atoms. The molecule has 2 aliphatic rings. The number of carbonyl (C=O) groups is 3. The topological polar surface area (TPSA) is 119 Å². The second-order valence-electron chi connectivity index (χ2n) is 5.58. The van der Waals surface area contributed by atoms with Gasteiger partial charge in [-0.15, -0.1) is 11.3 Å². The number of anilines is 1. The highest BCUT2D eigenvalue weighted by atomic mass is 32.1. The molecule has 1 saturated heterocycles. The largest absolute Gasteiger partial charge is 0.381 e. The summed E-state index contributed by atoms with van der Waals surface area (Å²) in [6.45, 7) is 0. The van der Waals surface area contributed by atoms with Gasteiger partial charge in [0.2, 0.25) is 17.8 Å². The number of nitro groups is 1. The summed E-state index contributed by atoms with van der Waals surface area (Å²) in [4.78, 5) is 54.4. The van der Waals surface area contributed by atoms with Crippen LogP contribution in [0, 0.1) is 16.0 Å². The van der Waals surface area contributed by atoms with Crippen LogP contribution in [0.25, 0.3) is 0 Å². The van der Waals surface area contributed by atoms with Crippen LogP contribution in [0.4, 0.5) is 11.4 Å². The molecule has 0 aliphatic carbocycles. The molecule has 9 nitrogen and oxygen atoms in total. The van der Waals surface area contributed by atoms with Crippen LogP contribution in [0.1, 0.15) is 9.67 Å². The summed E-state index contributed by atoms with van der Waals surface area (Å²) in [5.74, 6) is -3.04.